The molecule has 190 valence electrons. The molecule has 6 atom stereocenters. The van der Waals surface area contributed by atoms with Crippen LogP contribution in [0.15, 0.2) is 16.8 Å². The monoisotopic (exact) mass is 484 g/mol. The summed E-state index contributed by atoms with van der Waals surface area (Å²) in [5.41, 5.74) is 2.55. The zero-order valence-corrected chi connectivity index (χ0v) is 21.0. The van der Waals surface area contributed by atoms with Gasteiger partial charge in [-0.25, -0.2) is 4.79 Å². The summed E-state index contributed by atoms with van der Waals surface area (Å²) in [7, 11) is 0. The Bertz CT molecular complexity index is 1000. The van der Waals surface area contributed by atoms with Gasteiger partial charge in [0, 0.05) is 18.8 Å². The average molecular weight is 485 g/mol. The molecule has 4 fully saturated rings. The summed E-state index contributed by atoms with van der Waals surface area (Å²) in [6.07, 6.45) is 10.8. The highest BCUT2D eigenvalue weighted by Gasteiger charge is 2.59. The molecule has 8 heteroatoms. The van der Waals surface area contributed by atoms with Crippen LogP contribution in [0.3, 0.4) is 0 Å². The lowest BCUT2D eigenvalue weighted by molar-refractivity contribution is -0.200. The lowest BCUT2D eigenvalue weighted by Crippen LogP contribution is -2.51. The number of rotatable bonds is 5. The Morgan fingerprint density at radius 1 is 1.00 bits per heavy atom. The Labute approximate surface area is 206 Å². The van der Waals surface area contributed by atoms with E-state index in [4.69, 9.17) is 9.68 Å². The Kier molecular flexibility index (Phi) is 6.12. The van der Waals surface area contributed by atoms with Crippen molar-refractivity contribution in [2.45, 2.75) is 85.0 Å². The van der Waals surface area contributed by atoms with Crippen LogP contribution in [-0.2, 0) is 28.9 Å². The molecule has 8 nitrogen and oxygen atoms in total. The number of hydrogen-bond donors (Lipinski definition) is 0. The summed E-state index contributed by atoms with van der Waals surface area (Å²) >= 11 is 0. The number of imide groups is 1. The minimum atomic E-state index is -0.822. The van der Waals surface area contributed by atoms with Crippen molar-refractivity contribution in [3.63, 3.8) is 0 Å². The summed E-state index contributed by atoms with van der Waals surface area (Å²) in [5, 5.41) is 4.69. The second-order valence-electron chi connectivity index (χ2n) is 11.7. The fourth-order valence-electron chi connectivity index (χ4n) is 8.26. The molecule has 1 saturated heterocycles. The molecule has 3 saturated carbocycles. The van der Waals surface area contributed by atoms with Crippen LogP contribution >= 0.6 is 0 Å². The minimum absolute atomic E-state index is 0.0563. The molecule has 5 rings (SSSR count). The third-order valence-corrected chi connectivity index (χ3v) is 10.0. The van der Waals surface area contributed by atoms with Crippen LogP contribution in [0.25, 0.3) is 0 Å². The number of ketones is 1. The quantitative estimate of drug-likeness (QED) is 0.429. The molecule has 0 aromatic heterocycles. The number of hydroxylamine groups is 2. The van der Waals surface area contributed by atoms with Gasteiger partial charge in [0.1, 0.15) is 5.78 Å². The third-order valence-electron chi connectivity index (χ3n) is 10.0. The zero-order valence-electron chi connectivity index (χ0n) is 21.0. The maximum Gasteiger partial charge on any atom is 0.373 e. The second-order valence-corrected chi connectivity index (χ2v) is 11.7. The summed E-state index contributed by atoms with van der Waals surface area (Å²) < 4.78 is 0. The van der Waals surface area contributed by atoms with Gasteiger partial charge in [-0.1, -0.05) is 24.6 Å². The van der Waals surface area contributed by atoms with Crippen molar-refractivity contribution in [1.29, 1.82) is 0 Å². The van der Waals surface area contributed by atoms with E-state index in [1.807, 2.05) is 0 Å². The highest BCUT2D eigenvalue weighted by atomic mass is 16.7. The van der Waals surface area contributed by atoms with E-state index in [0.29, 0.717) is 28.6 Å². The van der Waals surface area contributed by atoms with Gasteiger partial charge in [0.15, 0.2) is 0 Å². The smallest absolute Gasteiger partial charge is 0.373 e. The molecule has 0 radical (unpaired) electrons. The fraction of sp³-hybridized carbons (Fsp3) is 0.741. The Morgan fingerprint density at radius 3 is 2.46 bits per heavy atom. The van der Waals surface area contributed by atoms with E-state index < -0.39 is 24.4 Å². The number of amides is 2. The number of carbonyl (C=O) groups excluding carboxylic acids is 4. The first-order valence-corrected chi connectivity index (χ1v) is 13.1. The minimum Gasteiger partial charge on any atom is -0.383 e. The standard InChI is InChI=1S/C27H36N2O6/c1-16(30)20-6-7-21-19-5-4-17-14-18(10-12-26(17,2)22(19)11-13-27(20,21)3)28-34-15-25(33)35-29-23(31)8-9-24(29)32/h14,19-22H,4-13,15H2,1-3H3/b28-18+/t19-,20-,21-,22-,26+,27-/m1/s1. The van der Waals surface area contributed by atoms with E-state index in [1.165, 1.54) is 18.4 Å². The maximum atomic E-state index is 12.3. The van der Waals surface area contributed by atoms with E-state index in [2.05, 4.69) is 25.1 Å². The molecule has 0 spiro atoms. The van der Waals surface area contributed by atoms with Crippen LogP contribution < -0.4 is 0 Å². The van der Waals surface area contributed by atoms with Gasteiger partial charge in [0.25, 0.3) is 11.8 Å². The van der Waals surface area contributed by atoms with Crippen molar-refractivity contribution in [2.75, 3.05) is 6.61 Å². The number of allylic oxidation sites excluding steroid dienone is 2. The molecule has 1 heterocycles. The fourth-order valence-corrected chi connectivity index (χ4v) is 8.26. The lowest BCUT2D eigenvalue weighted by atomic mass is 9.46. The van der Waals surface area contributed by atoms with Crippen LogP contribution in [0, 0.1) is 34.5 Å². The molecule has 4 aliphatic carbocycles. The predicted octanol–water partition coefficient (Wildman–Crippen LogP) is 4.13. The van der Waals surface area contributed by atoms with E-state index in [0.717, 1.165) is 44.2 Å². The molecular weight excluding hydrogens is 448 g/mol. The molecule has 0 aromatic rings. The molecule has 5 aliphatic rings. The highest BCUT2D eigenvalue weighted by Crippen LogP contribution is 2.66. The SMILES string of the molecule is CC(=O)[C@H]1CC[C@@H]2[C@H]3CCC4=C/C(=N/OCC(=O)ON5C(=O)CCC5=O)CC[C@]4(C)[C@@H]3CC[C@]12C. The normalized spacial score (nSPS) is 39.6. The van der Waals surface area contributed by atoms with Crippen LogP contribution in [-0.4, -0.2) is 40.9 Å². The van der Waals surface area contributed by atoms with E-state index in [1.54, 1.807) is 6.92 Å². The van der Waals surface area contributed by atoms with Gasteiger partial charge in [-0.15, -0.1) is 5.06 Å². The Morgan fingerprint density at radius 2 is 1.74 bits per heavy atom. The Balaban J connectivity index is 1.22. The first-order valence-electron chi connectivity index (χ1n) is 13.1. The highest BCUT2D eigenvalue weighted by molar-refractivity contribution is 6.01. The van der Waals surface area contributed by atoms with Gasteiger partial charge in [-0.2, -0.15) is 0 Å². The van der Waals surface area contributed by atoms with Crippen LogP contribution in [0.1, 0.15) is 85.0 Å². The first kappa shape index (κ1) is 24.2. The number of oxime groups is 1. The van der Waals surface area contributed by atoms with Gasteiger partial charge < -0.3 is 9.68 Å². The zero-order chi connectivity index (χ0) is 25.0. The van der Waals surface area contributed by atoms with E-state index in [9.17, 15) is 19.2 Å². The largest absolute Gasteiger partial charge is 0.383 e. The molecule has 0 N–H and O–H groups in total. The van der Waals surface area contributed by atoms with Crippen molar-refractivity contribution in [2.24, 2.45) is 39.7 Å². The summed E-state index contributed by atoms with van der Waals surface area (Å²) in [6.45, 7) is 6.12. The molecule has 0 unspecified atom stereocenters. The van der Waals surface area contributed by atoms with Crippen molar-refractivity contribution < 1.29 is 28.9 Å². The van der Waals surface area contributed by atoms with Gasteiger partial charge in [0.05, 0.1) is 5.71 Å². The maximum absolute atomic E-state index is 12.3. The Hall–Kier alpha value is -2.51. The van der Waals surface area contributed by atoms with Gasteiger partial charge in [-0.3, -0.25) is 14.4 Å². The average Bonchev–Trinajstić information content (AvgIpc) is 3.33. The molecule has 35 heavy (non-hydrogen) atoms. The van der Waals surface area contributed by atoms with Crippen molar-refractivity contribution in [3.05, 3.63) is 11.6 Å². The second kappa shape index (κ2) is 8.86. The number of carbonyl (C=O) groups is 4. The number of nitrogens with zero attached hydrogens (tertiary/aromatic N) is 2. The molecule has 2 amide bonds. The summed E-state index contributed by atoms with van der Waals surface area (Å²) in [5.74, 6) is 0.716. The summed E-state index contributed by atoms with van der Waals surface area (Å²) in [4.78, 5) is 57.5. The van der Waals surface area contributed by atoms with Gasteiger partial charge in [0.2, 0.25) is 6.61 Å². The van der Waals surface area contributed by atoms with Crippen LogP contribution in [0.5, 0.6) is 0 Å². The molecule has 1 aliphatic heterocycles. The van der Waals surface area contributed by atoms with Gasteiger partial charge >= 0.3 is 5.97 Å². The van der Waals surface area contributed by atoms with Gasteiger partial charge in [-0.05, 0) is 93.0 Å². The predicted molar refractivity (Wildman–Crippen MR) is 126 cm³/mol. The van der Waals surface area contributed by atoms with Crippen molar-refractivity contribution in [3.8, 4) is 0 Å². The third kappa shape index (κ3) is 4.02. The van der Waals surface area contributed by atoms with Crippen LogP contribution in [0.2, 0.25) is 0 Å². The number of hydrogen-bond acceptors (Lipinski definition) is 7. The molecule has 0 aromatic carbocycles. The number of fused-ring (bicyclic) bond motifs is 5. The van der Waals surface area contributed by atoms with E-state index >= 15 is 0 Å². The van der Waals surface area contributed by atoms with Crippen molar-refractivity contribution in [1.82, 2.24) is 5.06 Å². The van der Waals surface area contributed by atoms with Crippen molar-refractivity contribution >= 4 is 29.3 Å². The summed E-state index contributed by atoms with van der Waals surface area (Å²) in [6, 6.07) is 0. The number of Topliss-reactive ketones (excluding diaryl/α,β-unsaturated/α-hetero) is 1. The topological polar surface area (TPSA) is 102 Å². The first-order chi connectivity index (χ1) is 16.6. The molecular formula is C27H36N2O6. The lowest BCUT2D eigenvalue weighted by Gasteiger charge is -2.58. The molecule has 0 bridgehead atoms. The van der Waals surface area contributed by atoms with Crippen LogP contribution in [0.4, 0.5) is 0 Å². The van der Waals surface area contributed by atoms with E-state index in [-0.39, 0.29) is 29.6 Å².